The van der Waals surface area contributed by atoms with Gasteiger partial charge in [0.2, 0.25) is 0 Å². The maximum Gasteiger partial charge on any atom is 0.119 e. The molecule has 1 heterocycles. The predicted octanol–water partition coefficient (Wildman–Crippen LogP) is 6.63. The first-order valence-corrected chi connectivity index (χ1v) is 13.2. The van der Waals surface area contributed by atoms with Gasteiger partial charge in [0.05, 0.1) is 6.10 Å². The van der Waals surface area contributed by atoms with Crippen molar-refractivity contribution in [2.75, 3.05) is 0 Å². The third kappa shape index (κ3) is 7.22. The van der Waals surface area contributed by atoms with Crippen molar-refractivity contribution in [1.82, 2.24) is 5.32 Å². The highest BCUT2D eigenvalue weighted by molar-refractivity contribution is 5.30. The molecule has 5 rings (SSSR count). The molecule has 1 fully saturated rings. The molecule has 0 aliphatic carbocycles. The van der Waals surface area contributed by atoms with Gasteiger partial charge in [-0.3, -0.25) is 0 Å². The van der Waals surface area contributed by atoms with Crippen molar-refractivity contribution in [2.45, 2.75) is 57.1 Å². The Balaban J connectivity index is 1.05. The van der Waals surface area contributed by atoms with E-state index in [0.717, 1.165) is 48.3 Å². The Labute approximate surface area is 219 Å². The fourth-order valence-electron chi connectivity index (χ4n) is 4.90. The van der Waals surface area contributed by atoms with Crippen LogP contribution in [0.5, 0.6) is 11.5 Å². The third-order valence-corrected chi connectivity index (χ3v) is 7.08. The Bertz CT molecular complexity index is 1210. The molecule has 1 unspecified atom stereocenters. The van der Waals surface area contributed by atoms with E-state index in [1.165, 1.54) is 11.1 Å². The molecule has 4 nitrogen and oxygen atoms in total. The molecule has 4 aromatic carbocycles. The van der Waals surface area contributed by atoms with Gasteiger partial charge in [0.1, 0.15) is 24.7 Å². The van der Waals surface area contributed by atoms with E-state index in [4.69, 9.17) is 9.47 Å². The standard InChI is InChI=1S/C33H35NO3/c35-33(28-14-20-31(21-15-28)37-24-27-9-5-2-6-10-27)32-22-17-29(34-32)16-11-25-12-18-30(19-13-25)36-23-26-7-3-1-4-8-26/h1-10,12-15,18-21,29,32-35H,11,16-17,22-24H2/t29-,32-,33?/m0/s1. The summed E-state index contributed by atoms with van der Waals surface area (Å²) in [6.45, 7) is 1.12. The van der Waals surface area contributed by atoms with Crippen LogP contribution in [0.3, 0.4) is 0 Å². The molecular weight excluding hydrogens is 458 g/mol. The van der Waals surface area contributed by atoms with Crippen LogP contribution in [0.2, 0.25) is 0 Å². The van der Waals surface area contributed by atoms with Crippen LogP contribution in [0.25, 0.3) is 0 Å². The van der Waals surface area contributed by atoms with Gasteiger partial charge in [-0.25, -0.2) is 0 Å². The van der Waals surface area contributed by atoms with Gasteiger partial charge in [-0.1, -0.05) is 84.9 Å². The summed E-state index contributed by atoms with van der Waals surface area (Å²) >= 11 is 0. The highest BCUT2D eigenvalue weighted by Crippen LogP contribution is 2.28. The van der Waals surface area contributed by atoms with E-state index in [-0.39, 0.29) is 6.04 Å². The number of benzene rings is 4. The number of rotatable bonds is 11. The van der Waals surface area contributed by atoms with Gasteiger partial charge >= 0.3 is 0 Å². The summed E-state index contributed by atoms with van der Waals surface area (Å²) in [7, 11) is 0. The lowest BCUT2D eigenvalue weighted by Gasteiger charge is -2.21. The van der Waals surface area contributed by atoms with Crippen molar-refractivity contribution >= 4 is 0 Å². The Hall–Kier alpha value is -3.60. The molecule has 37 heavy (non-hydrogen) atoms. The number of ether oxygens (including phenoxy) is 2. The number of hydrogen-bond acceptors (Lipinski definition) is 4. The molecule has 2 N–H and O–H groups in total. The van der Waals surface area contributed by atoms with Crippen LogP contribution < -0.4 is 14.8 Å². The molecule has 1 saturated heterocycles. The molecule has 0 bridgehead atoms. The smallest absolute Gasteiger partial charge is 0.119 e. The van der Waals surface area contributed by atoms with Crippen LogP contribution in [-0.4, -0.2) is 17.2 Å². The molecule has 4 aromatic rings. The fraction of sp³-hybridized carbons (Fsp3) is 0.273. The first-order valence-electron chi connectivity index (χ1n) is 13.2. The van der Waals surface area contributed by atoms with E-state index in [0.29, 0.717) is 19.3 Å². The Morgan fingerprint density at radius 1 is 0.649 bits per heavy atom. The van der Waals surface area contributed by atoms with Gasteiger partial charge in [0.25, 0.3) is 0 Å². The van der Waals surface area contributed by atoms with Crippen LogP contribution in [0.1, 0.15) is 47.6 Å². The zero-order valence-corrected chi connectivity index (χ0v) is 21.1. The van der Waals surface area contributed by atoms with Crippen molar-refractivity contribution in [3.8, 4) is 11.5 Å². The van der Waals surface area contributed by atoms with Crippen LogP contribution in [0.15, 0.2) is 109 Å². The van der Waals surface area contributed by atoms with Crippen LogP contribution >= 0.6 is 0 Å². The largest absolute Gasteiger partial charge is 0.489 e. The van der Waals surface area contributed by atoms with Gasteiger partial charge in [0, 0.05) is 12.1 Å². The Morgan fingerprint density at radius 3 is 1.76 bits per heavy atom. The van der Waals surface area contributed by atoms with Crippen molar-refractivity contribution in [3.63, 3.8) is 0 Å². The second-order valence-electron chi connectivity index (χ2n) is 9.79. The number of aliphatic hydroxyl groups excluding tert-OH is 1. The first-order chi connectivity index (χ1) is 18.2. The lowest BCUT2D eigenvalue weighted by Crippen LogP contribution is -2.34. The first kappa shape index (κ1) is 25.1. The van der Waals surface area contributed by atoms with E-state index in [1.807, 2.05) is 60.7 Å². The molecule has 1 aliphatic heterocycles. The van der Waals surface area contributed by atoms with E-state index in [2.05, 4.69) is 53.8 Å². The summed E-state index contributed by atoms with van der Waals surface area (Å²) in [5, 5.41) is 14.6. The minimum absolute atomic E-state index is 0.0786. The third-order valence-electron chi connectivity index (χ3n) is 7.08. The van der Waals surface area contributed by atoms with Gasteiger partial charge in [-0.15, -0.1) is 0 Å². The molecule has 0 amide bonds. The van der Waals surface area contributed by atoms with Gasteiger partial charge in [-0.05, 0) is 72.2 Å². The molecule has 0 saturated carbocycles. The molecule has 190 valence electrons. The topological polar surface area (TPSA) is 50.7 Å². The lowest BCUT2D eigenvalue weighted by atomic mass is 10.0. The number of aliphatic hydroxyl groups is 1. The zero-order chi connectivity index (χ0) is 25.3. The summed E-state index contributed by atoms with van der Waals surface area (Å²) in [6.07, 6.45) is 3.60. The SMILES string of the molecule is OC(c1ccc(OCc2ccccc2)cc1)[C@@H]1CC[C@H](CCc2ccc(OCc3ccccc3)cc2)N1. The summed E-state index contributed by atoms with van der Waals surface area (Å²) in [4.78, 5) is 0. The van der Waals surface area contributed by atoms with Gasteiger partial charge in [0.15, 0.2) is 0 Å². The minimum Gasteiger partial charge on any atom is -0.489 e. The van der Waals surface area contributed by atoms with Crippen molar-refractivity contribution < 1.29 is 14.6 Å². The molecule has 4 heteroatoms. The molecule has 0 radical (unpaired) electrons. The summed E-state index contributed by atoms with van der Waals surface area (Å²) in [5.74, 6) is 1.71. The highest BCUT2D eigenvalue weighted by atomic mass is 16.5. The fourth-order valence-corrected chi connectivity index (χ4v) is 4.90. The van der Waals surface area contributed by atoms with E-state index in [1.54, 1.807) is 0 Å². The Morgan fingerprint density at radius 2 is 1.19 bits per heavy atom. The van der Waals surface area contributed by atoms with Crippen LogP contribution in [-0.2, 0) is 19.6 Å². The average Bonchev–Trinajstić information content (AvgIpc) is 3.45. The van der Waals surface area contributed by atoms with Crippen LogP contribution in [0.4, 0.5) is 0 Å². The molecule has 0 spiro atoms. The molecular formula is C33H35NO3. The second-order valence-corrected chi connectivity index (χ2v) is 9.79. The maximum atomic E-state index is 11.0. The predicted molar refractivity (Wildman–Crippen MR) is 148 cm³/mol. The van der Waals surface area contributed by atoms with Gasteiger partial charge < -0.3 is 19.9 Å². The number of aryl methyl sites for hydroxylation is 1. The molecule has 3 atom stereocenters. The highest BCUT2D eigenvalue weighted by Gasteiger charge is 2.29. The number of hydrogen-bond donors (Lipinski definition) is 2. The molecule has 0 aromatic heterocycles. The average molecular weight is 494 g/mol. The lowest BCUT2D eigenvalue weighted by molar-refractivity contribution is 0.135. The van der Waals surface area contributed by atoms with Crippen molar-refractivity contribution in [1.29, 1.82) is 0 Å². The van der Waals surface area contributed by atoms with Gasteiger partial charge in [-0.2, -0.15) is 0 Å². The van der Waals surface area contributed by atoms with E-state index < -0.39 is 6.10 Å². The van der Waals surface area contributed by atoms with E-state index in [9.17, 15) is 5.11 Å². The summed E-state index contributed by atoms with van der Waals surface area (Å²) in [6, 6.07) is 37.1. The summed E-state index contributed by atoms with van der Waals surface area (Å²) in [5.41, 5.74) is 4.54. The minimum atomic E-state index is -0.519. The van der Waals surface area contributed by atoms with Crippen molar-refractivity contribution in [2.24, 2.45) is 0 Å². The maximum absolute atomic E-state index is 11.0. The Kier molecular flexibility index (Phi) is 8.52. The quantitative estimate of drug-likeness (QED) is 0.246. The summed E-state index contributed by atoms with van der Waals surface area (Å²) < 4.78 is 11.8. The zero-order valence-electron chi connectivity index (χ0n) is 21.1. The van der Waals surface area contributed by atoms with Crippen LogP contribution in [0, 0.1) is 0 Å². The van der Waals surface area contributed by atoms with E-state index >= 15 is 0 Å². The monoisotopic (exact) mass is 493 g/mol. The molecule has 1 aliphatic rings. The second kappa shape index (κ2) is 12.6. The van der Waals surface area contributed by atoms with Crippen molar-refractivity contribution in [3.05, 3.63) is 131 Å². The number of nitrogens with one attached hydrogen (secondary N) is 1. The normalized spacial score (nSPS) is 17.9.